The van der Waals surface area contributed by atoms with Crippen LogP contribution in [0.1, 0.15) is 24.9 Å². The second-order valence-electron chi connectivity index (χ2n) is 5.08. The molecule has 6 heteroatoms. The van der Waals surface area contributed by atoms with Crippen molar-refractivity contribution in [3.63, 3.8) is 0 Å². The van der Waals surface area contributed by atoms with Gasteiger partial charge in [0.25, 0.3) is 0 Å². The van der Waals surface area contributed by atoms with E-state index in [1.54, 1.807) is 23.9 Å². The summed E-state index contributed by atoms with van der Waals surface area (Å²) in [7, 11) is 0. The second kappa shape index (κ2) is 6.74. The first-order valence-corrected chi connectivity index (χ1v) is 7.72. The molecule has 20 heavy (non-hydrogen) atoms. The van der Waals surface area contributed by atoms with Crippen LogP contribution in [0.15, 0.2) is 24.3 Å². The van der Waals surface area contributed by atoms with E-state index in [-0.39, 0.29) is 11.8 Å². The van der Waals surface area contributed by atoms with Gasteiger partial charge in [-0.1, -0.05) is 12.1 Å². The lowest BCUT2D eigenvalue weighted by molar-refractivity contribution is -0.0498. The third kappa shape index (κ3) is 4.33. The van der Waals surface area contributed by atoms with Crippen molar-refractivity contribution in [2.45, 2.75) is 31.6 Å². The van der Waals surface area contributed by atoms with E-state index in [4.69, 9.17) is 0 Å². The van der Waals surface area contributed by atoms with Crippen molar-refractivity contribution in [3.05, 3.63) is 29.8 Å². The number of thioether (sulfide) groups is 1. The maximum absolute atomic E-state index is 12.1. The first-order valence-electron chi connectivity index (χ1n) is 6.57. The van der Waals surface area contributed by atoms with Crippen LogP contribution in [-0.2, 0) is 0 Å². The van der Waals surface area contributed by atoms with Crippen LogP contribution < -0.4 is 10.1 Å². The highest BCUT2D eigenvalue weighted by molar-refractivity contribution is 7.99. The van der Waals surface area contributed by atoms with Crippen molar-refractivity contribution in [3.8, 4) is 5.75 Å². The Kier molecular flexibility index (Phi) is 5.23. The van der Waals surface area contributed by atoms with Crippen molar-refractivity contribution < 1.29 is 18.6 Å². The molecule has 2 N–H and O–H groups in total. The molecule has 0 bridgehead atoms. The number of hydrogen-bond donors (Lipinski definition) is 2. The van der Waals surface area contributed by atoms with E-state index in [2.05, 4.69) is 10.1 Å². The van der Waals surface area contributed by atoms with Crippen molar-refractivity contribution in [1.82, 2.24) is 5.32 Å². The maximum atomic E-state index is 12.1. The molecule has 1 heterocycles. The molecule has 1 aromatic carbocycles. The van der Waals surface area contributed by atoms with Gasteiger partial charge in [-0.25, -0.2) is 0 Å². The van der Waals surface area contributed by atoms with E-state index < -0.39 is 12.2 Å². The molecule has 2 rings (SSSR count). The number of rotatable bonds is 6. The van der Waals surface area contributed by atoms with Crippen LogP contribution in [0, 0.1) is 0 Å². The molecule has 0 amide bonds. The van der Waals surface area contributed by atoms with Gasteiger partial charge in [0.05, 0.1) is 5.60 Å². The maximum Gasteiger partial charge on any atom is 0.387 e. The molecule has 3 nitrogen and oxygen atoms in total. The molecule has 112 valence electrons. The predicted molar refractivity (Wildman–Crippen MR) is 76.4 cm³/mol. The van der Waals surface area contributed by atoms with E-state index in [1.165, 1.54) is 12.1 Å². The topological polar surface area (TPSA) is 41.5 Å². The number of hydrogen-bond acceptors (Lipinski definition) is 4. The standard InChI is InChI=1S/C14H19F2NO2S/c1-10(17-8-14(18)6-7-20-9-14)11-2-4-12(5-3-11)19-13(15)16/h2-5,10,13,17-18H,6-9H2,1H3. The summed E-state index contributed by atoms with van der Waals surface area (Å²) in [6.07, 6.45) is 0.804. The SMILES string of the molecule is CC(NCC1(O)CCSC1)c1ccc(OC(F)F)cc1. The smallest absolute Gasteiger partial charge is 0.387 e. The summed E-state index contributed by atoms with van der Waals surface area (Å²) in [5, 5.41) is 13.5. The van der Waals surface area contributed by atoms with E-state index in [0.717, 1.165) is 23.5 Å². The summed E-state index contributed by atoms with van der Waals surface area (Å²) in [5.41, 5.74) is 0.346. The van der Waals surface area contributed by atoms with Gasteiger partial charge in [-0.2, -0.15) is 20.5 Å². The van der Waals surface area contributed by atoms with Crippen LogP contribution in [0.5, 0.6) is 5.75 Å². The predicted octanol–water partition coefficient (Wildman–Crippen LogP) is 2.81. The fraction of sp³-hybridized carbons (Fsp3) is 0.571. The van der Waals surface area contributed by atoms with Crippen LogP contribution in [0.3, 0.4) is 0 Å². The van der Waals surface area contributed by atoms with E-state index >= 15 is 0 Å². The summed E-state index contributed by atoms with van der Waals surface area (Å²) < 4.78 is 28.4. The Hall–Kier alpha value is -0.850. The van der Waals surface area contributed by atoms with Gasteiger partial charge in [-0.3, -0.25) is 0 Å². The zero-order valence-electron chi connectivity index (χ0n) is 11.3. The minimum absolute atomic E-state index is 0.0465. The van der Waals surface area contributed by atoms with Gasteiger partial charge in [0.15, 0.2) is 0 Å². The van der Waals surface area contributed by atoms with Crippen molar-refractivity contribution in [2.24, 2.45) is 0 Å². The van der Waals surface area contributed by atoms with Crippen LogP contribution >= 0.6 is 11.8 Å². The third-order valence-corrected chi connectivity index (χ3v) is 4.66. The lowest BCUT2D eigenvalue weighted by Gasteiger charge is -2.24. The first-order chi connectivity index (χ1) is 9.48. The first kappa shape index (κ1) is 15.5. The molecule has 0 aliphatic carbocycles. The Morgan fingerprint density at radius 1 is 1.40 bits per heavy atom. The molecule has 1 aliphatic rings. The van der Waals surface area contributed by atoms with Crippen molar-refractivity contribution in [1.29, 1.82) is 0 Å². The summed E-state index contributed by atoms with van der Waals surface area (Å²) in [6.45, 7) is -0.282. The minimum Gasteiger partial charge on any atom is -0.435 e. The quantitative estimate of drug-likeness (QED) is 0.848. The number of benzene rings is 1. The van der Waals surface area contributed by atoms with Gasteiger partial charge in [0, 0.05) is 18.3 Å². The largest absolute Gasteiger partial charge is 0.435 e. The Morgan fingerprint density at radius 2 is 2.10 bits per heavy atom. The number of alkyl halides is 2. The molecule has 1 aliphatic heterocycles. The minimum atomic E-state index is -2.80. The lowest BCUT2D eigenvalue weighted by atomic mass is 10.0. The molecule has 0 saturated carbocycles. The highest BCUT2D eigenvalue weighted by Crippen LogP contribution is 2.28. The molecule has 1 saturated heterocycles. The average molecular weight is 303 g/mol. The van der Waals surface area contributed by atoms with Crippen molar-refractivity contribution >= 4 is 11.8 Å². The number of halogens is 2. The fourth-order valence-corrected chi connectivity index (χ4v) is 3.43. The van der Waals surface area contributed by atoms with Crippen LogP contribution in [-0.4, -0.2) is 35.4 Å². The number of aliphatic hydroxyl groups is 1. The Bertz CT molecular complexity index is 422. The van der Waals surface area contributed by atoms with Crippen LogP contribution in [0.2, 0.25) is 0 Å². The molecule has 0 spiro atoms. The molecule has 1 aromatic rings. The van der Waals surface area contributed by atoms with Gasteiger partial charge in [-0.15, -0.1) is 0 Å². The highest BCUT2D eigenvalue weighted by atomic mass is 32.2. The zero-order chi connectivity index (χ0) is 14.6. The zero-order valence-corrected chi connectivity index (χ0v) is 12.1. The Morgan fingerprint density at radius 3 is 2.65 bits per heavy atom. The molecular formula is C14H19F2NO2S. The van der Waals surface area contributed by atoms with E-state index in [0.29, 0.717) is 6.54 Å². The van der Waals surface area contributed by atoms with Gasteiger partial charge < -0.3 is 15.2 Å². The van der Waals surface area contributed by atoms with Crippen molar-refractivity contribution in [2.75, 3.05) is 18.1 Å². The highest BCUT2D eigenvalue weighted by Gasteiger charge is 2.31. The average Bonchev–Trinajstić information content (AvgIpc) is 2.84. The fourth-order valence-electron chi connectivity index (χ4n) is 2.13. The molecule has 0 aromatic heterocycles. The number of nitrogens with one attached hydrogen (secondary N) is 1. The summed E-state index contributed by atoms with van der Waals surface area (Å²) in [5.74, 6) is 1.90. The normalized spacial score (nSPS) is 24.1. The second-order valence-corrected chi connectivity index (χ2v) is 6.18. The summed E-state index contributed by atoms with van der Waals surface area (Å²) >= 11 is 1.76. The van der Waals surface area contributed by atoms with Crippen LogP contribution in [0.4, 0.5) is 8.78 Å². The third-order valence-electron chi connectivity index (χ3n) is 3.43. The van der Waals surface area contributed by atoms with Gasteiger partial charge >= 0.3 is 6.61 Å². The van der Waals surface area contributed by atoms with Gasteiger partial charge in [-0.05, 0) is 36.8 Å². The van der Waals surface area contributed by atoms with Gasteiger partial charge in [0.2, 0.25) is 0 Å². The molecule has 0 radical (unpaired) electrons. The lowest BCUT2D eigenvalue weighted by Crippen LogP contribution is -2.41. The summed E-state index contributed by atoms with van der Waals surface area (Å²) in [4.78, 5) is 0. The number of ether oxygens (including phenoxy) is 1. The molecule has 1 fully saturated rings. The Balaban J connectivity index is 1.87. The molecular weight excluding hydrogens is 284 g/mol. The molecule has 2 unspecified atom stereocenters. The van der Waals surface area contributed by atoms with E-state index in [1.807, 2.05) is 6.92 Å². The van der Waals surface area contributed by atoms with E-state index in [9.17, 15) is 13.9 Å². The molecule has 2 atom stereocenters. The monoisotopic (exact) mass is 303 g/mol. The van der Waals surface area contributed by atoms with Gasteiger partial charge in [0.1, 0.15) is 5.75 Å². The Labute approximate surface area is 121 Å². The summed E-state index contributed by atoms with van der Waals surface area (Å²) in [6, 6.07) is 6.61. The van der Waals surface area contributed by atoms with Crippen LogP contribution in [0.25, 0.3) is 0 Å².